The van der Waals surface area contributed by atoms with Gasteiger partial charge in [-0.1, -0.05) is 24.3 Å². The summed E-state index contributed by atoms with van der Waals surface area (Å²) in [4.78, 5) is 11.4. The molecule has 3 nitrogen and oxygen atoms in total. The number of rotatable bonds is 2. The SMILES string of the molecule is C=C(C)Cn1c(=O)oc2ccccc21. The second kappa shape index (κ2) is 3.18. The zero-order valence-corrected chi connectivity index (χ0v) is 7.99. The lowest BCUT2D eigenvalue weighted by Crippen LogP contribution is -2.14. The Balaban J connectivity index is 2.68. The van der Waals surface area contributed by atoms with E-state index in [0.717, 1.165) is 11.1 Å². The highest BCUT2D eigenvalue weighted by Gasteiger charge is 2.07. The van der Waals surface area contributed by atoms with E-state index in [0.29, 0.717) is 12.1 Å². The van der Waals surface area contributed by atoms with Crippen LogP contribution in [0.25, 0.3) is 11.1 Å². The van der Waals surface area contributed by atoms with E-state index in [2.05, 4.69) is 6.58 Å². The number of benzene rings is 1. The van der Waals surface area contributed by atoms with E-state index in [-0.39, 0.29) is 5.76 Å². The number of para-hydroxylation sites is 2. The standard InChI is InChI=1S/C11H11NO2/c1-8(2)7-12-9-5-3-4-6-10(9)14-11(12)13/h3-6H,1,7H2,2H3. The van der Waals surface area contributed by atoms with Gasteiger partial charge in [0.2, 0.25) is 0 Å². The topological polar surface area (TPSA) is 35.1 Å². The van der Waals surface area contributed by atoms with Gasteiger partial charge >= 0.3 is 5.76 Å². The third kappa shape index (κ3) is 1.37. The van der Waals surface area contributed by atoms with Crippen LogP contribution in [0, 0.1) is 0 Å². The molecule has 0 saturated heterocycles. The molecule has 0 N–H and O–H groups in total. The quantitative estimate of drug-likeness (QED) is 0.678. The van der Waals surface area contributed by atoms with Crippen LogP contribution in [-0.2, 0) is 6.54 Å². The molecule has 2 aromatic rings. The molecule has 0 fully saturated rings. The van der Waals surface area contributed by atoms with Crippen molar-refractivity contribution in [3.8, 4) is 0 Å². The van der Waals surface area contributed by atoms with Crippen LogP contribution in [0.1, 0.15) is 6.92 Å². The van der Waals surface area contributed by atoms with Crippen LogP contribution < -0.4 is 5.76 Å². The molecule has 0 atom stereocenters. The van der Waals surface area contributed by atoms with Gasteiger partial charge < -0.3 is 4.42 Å². The summed E-state index contributed by atoms with van der Waals surface area (Å²) in [7, 11) is 0. The highest BCUT2D eigenvalue weighted by molar-refractivity contribution is 5.72. The molecule has 0 bridgehead atoms. The molecule has 0 saturated carbocycles. The summed E-state index contributed by atoms with van der Waals surface area (Å²) in [5.41, 5.74) is 2.37. The third-order valence-corrected chi connectivity index (χ3v) is 2.00. The summed E-state index contributed by atoms with van der Waals surface area (Å²) in [5.74, 6) is -0.325. The fourth-order valence-electron chi connectivity index (χ4n) is 1.43. The van der Waals surface area contributed by atoms with Gasteiger partial charge in [-0.2, -0.15) is 0 Å². The first-order valence-corrected chi connectivity index (χ1v) is 4.41. The number of oxazole rings is 1. The number of hydrogen-bond donors (Lipinski definition) is 0. The van der Waals surface area contributed by atoms with Crippen LogP contribution in [0.2, 0.25) is 0 Å². The number of aromatic nitrogens is 1. The molecule has 1 heterocycles. The lowest BCUT2D eigenvalue weighted by molar-refractivity contribution is 0.516. The summed E-state index contributed by atoms with van der Waals surface area (Å²) >= 11 is 0. The maximum absolute atomic E-state index is 11.4. The van der Waals surface area contributed by atoms with Gasteiger partial charge in [-0.25, -0.2) is 4.79 Å². The van der Waals surface area contributed by atoms with Crippen molar-refractivity contribution >= 4 is 11.1 Å². The monoisotopic (exact) mass is 189 g/mol. The van der Waals surface area contributed by atoms with Crippen molar-refractivity contribution in [1.82, 2.24) is 4.57 Å². The Kier molecular flexibility index (Phi) is 2.00. The zero-order valence-electron chi connectivity index (χ0n) is 7.99. The van der Waals surface area contributed by atoms with Gasteiger partial charge in [0.05, 0.1) is 5.52 Å². The van der Waals surface area contributed by atoms with E-state index in [1.54, 1.807) is 10.6 Å². The van der Waals surface area contributed by atoms with E-state index in [1.807, 2.05) is 25.1 Å². The minimum absolute atomic E-state index is 0.325. The molecular weight excluding hydrogens is 178 g/mol. The molecule has 14 heavy (non-hydrogen) atoms. The second-order valence-electron chi connectivity index (χ2n) is 3.38. The first-order valence-electron chi connectivity index (χ1n) is 4.41. The van der Waals surface area contributed by atoms with Crippen molar-refractivity contribution in [2.75, 3.05) is 0 Å². The summed E-state index contributed by atoms with van der Waals surface area (Å²) in [6.07, 6.45) is 0. The summed E-state index contributed by atoms with van der Waals surface area (Å²) in [5, 5.41) is 0. The van der Waals surface area contributed by atoms with E-state index < -0.39 is 0 Å². The van der Waals surface area contributed by atoms with Crippen molar-refractivity contribution in [3.63, 3.8) is 0 Å². The smallest absolute Gasteiger partial charge is 0.408 e. The van der Waals surface area contributed by atoms with Crippen LogP contribution in [0.3, 0.4) is 0 Å². The van der Waals surface area contributed by atoms with Gasteiger partial charge in [-0.05, 0) is 19.1 Å². The van der Waals surface area contributed by atoms with E-state index in [9.17, 15) is 4.79 Å². The molecule has 3 heteroatoms. The zero-order chi connectivity index (χ0) is 10.1. The Morgan fingerprint density at radius 3 is 2.93 bits per heavy atom. The van der Waals surface area contributed by atoms with E-state index in [4.69, 9.17) is 4.42 Å². The Bertz CT molecular complexity index is 533. The van der Waals surface area contributed by atoms with Crippen LogP contribution in [0.15, 0.2) is 45.6 Å². The van der Waals surface area contributed by atoms with E-state index in [1.165, 1.54) is 0 Å². The number of nitrogens with zero attached hydrogens (tertiary/aromatic N) is 1. The van der Waals surface area contributed by atoms with Gasteiger partial charge in [0, 0.05) is 6.54 Å². The first-order chi connectivity index (χ1) is 6.68. The normalized spacial score (nSPS) is 10.6. The molecule has 72 valence electrons. The molecule has 0 radical (unpaired) electrons. The molecule has 0 aliphatic heterocycles. The third-order valence-electron chi connectivity index (χ3n) is 2.00. The number of fused-ring (bicyclic) bond motifs is 1. The predicted molar refractivity (Wildman–Crippen MR) is 55.3 cm³/mol. The Morgan fingerprint density at radius 2 is 2.21 bits per heavy atom. The number of hydrogen-bond acceptors (Lipinski definition) is 2. The van der Waals surface area contributed by atoms with Gasteiger partial charge in [-0.3, -0.25) is 4.57 Å². The fraction of sp³-hybridized carbons (Fsp3) is 0.182. The molecule has 0 spiro atoms. The van der Waals surface area contributed by atoms with Gasteiger partial charge in [0.25, 0.3) is 0 Å². The molecule has 0 aliphatic rings. The minimum Gasteiger partial charge on any atom is -0.408 e. The summed E-state index contributed by atoms with van der Waals surface area (Å²) < 4.78 is 6.65. The van der Waals surface area contributed by atoms with Crippen LogP contribution in [-0.4, -0.2) is 4.57 Å². The molecule has 0 aliphatic carbocycles. The first kappa shape index (κ1) is 8.81. The summed E-state index contributed by atoms with van der Waals surface area (Å²) in [6, 6.07) is 7.37. The maximum atomic E-state index is 11.4. The van der Waals surface area contributed by atoms with Crippen LogP contribution >= 0.6 is 0 Å². The molecular formula is C11H11NO2. The molecule has 1 aromatic carbocycles. The van der Waals surface area contributed by atoms with Crippen molar-refractivity contribution in [3.05, 3.63) is 47.0 Å². The Labute approximate surface area is 81.3 Å². The molecule has 0 amide bonds. The fourth-order valence-corrected chi connectivity index (χ4v) is 1.43. The van der Waals surface area contributed by atoms with Gasteiger partial charge in [-0.15, -0.1) is 0 Å². The minimum atomic E-state index is -0.325. The van der Waals surface area contributed by atoms with E-state index >= 15 is 0 Å². The summed E-state index contributed by atoms with van der Waals surface area (Å²) in [6.45, 7) is 6.17. The second-order valence-corrected chi connectivity index (χ2v) is 3.38. The van der Waals surface area contributed by atoms with Gasteiger partial charge in [0.1, 0.15) is 0 Å². The predicted octanol–water partition coefficient (Wildman–Crippen LogP) is 2.17. The average Bonchev–Trinajstić information content (AvgIpc) is 2.43. The molecule has 0 unspecified atom stereocenters. The van der Waals surface area contributed by atoms with Crippen molar-refractivity contribution in [2.45, 2.75) is 13.5 Å². The van der Waals surface area contributed by atoms with Crippen LogP contribution in [0.5, 0.6) is 0 Å². The maximum Gasteiger partial charge on any atom is 0.420 e. The van der Waals surface area contributed by atoms with Crippen LogP contribution in [0.4, 0.5) is 0 Å². The van der Waals surface area contributed by atoms with Crippen molar-refractivity contribution in [1.29, 1.82) is 0 Å². The largest absolute Gasteiger partial charge is 0.420 e. The Morgan fingerprint density at radius 1 is 1.50 bits per heavy atom. The number of allylic oxidation sites excluding steroid dienone is 1. The lowest BCUT2D eigenvalue weighted by Gasteiger charge is -1.99. The highest BCUT2D eigenvalue weighted by Crippen LogP contribution is 2.12. The van der Waals surface area contributed by atoms with Crippen molar-refractivity contribution in [2.24, 2.45) is 0 Å². The molecule has 1 aromatic heterocycles. The molecule has 2 rings (SSSR count). The lowest BCUT2D eigenvalue weighted by atomic mass is 10.3. The van der Waals surface area contributed by atoms with Crippen molar-refractivity contribution < 1.29 is 4.42 Å². The van der Waals surface area contributed by atoms with Gasteiger partial charge in [0.15, 0.2) is 5.58 Å². The highest BCUT2D eigenvalue weighted by atomic mass is 16.4. The Hall–Kier alpha value is -1.77. The average molecular weight is 189 g/mol.